The molecule has 0 bridgehead atoms. The van der Waals surface area contributed by atoms with Gasteiger partial charge in [-0.2, -0.15) is 0 Å². The van der Waals surface area contributed by atoms with Gasteiger partial charge < -0.3 is 14.4 Å². The molecule has 0 atom stereocenters. The number of pyridine rings is 1. The van der Waals surface area contributed by atoms with Crippen LogP contribution in [0, 0.1) is 4.51 Å². The first-order chi connectivity index (χ1) is 8.19. The van der Waals surface area contributed by atoms with E-state index in [2.05, 4.69) is 6.92 Å². The zero-order valence-electron chi connectivity index (χ0n) is 10.6. The number of nitrogens with zero attached hydrogens (tertiary/aromatic N) is 1. The van der Waals surface area contributed by atoms with Crippen molar-refractivity contribution in [2.75, 3.05) is 7.11 Å². The number of ether oxygens (including phenoxy) is 1. The van der Waals surface area contributed by atoms with Crippen LogP contribution in [-0.2, 0) is 17.9 Å². The molecule has 0 radical (unpaired) electrons. The summed E-state index contributed by atoms with van der Waals surface area (Å²) in [5.74, 6) is 0.176. The van der Waals surface area contributed by atoms with E-state index in [0.29, 0.717) is 11.1 Å². The highest BCUT2D eigenvalue weighted by atomic mass is 32.1. The molecule has 0 saturated heterocycles. The average molecular weight is 255 g/mol. The van der Waals surface area contributed by atoms with E-state index in [-0.39, 0.29) is 5.75 Å². The van der Waals surface area contributed by atoms with Crippen LogP contribution in [0.4, 0.5) is 0 Å². The normalized spacial score (nSPS) is 10.7. The number of methoxy groups -OCH3 is 1. The monoisotopic (exact) mass is 255 g/mol. The minimum atomic E-state index is 0.176. The van der Waals surface area contributed by atoms with Gasteiger partial charge in [0.2, 0.25) is 0 Å². The molecule has 17 heavy (non-hydrogen) atoms. The van der Waals surface area contributed by atoms with Crippen LogP contribution >= 0.6 is 12.2 Å². The average Bonchev–Trinajstić information content (AvgIpc) is 2.31. The second-order valence-corrected chi connectivity index (χ2v) is 4.64. The number of aromatic nitrogens is 1. The van der Waals surface area contributed by atoms with Gasteiger partial charge in [0, 0.05) is 25.5 Å². The molecule has 0 spiro atoms. The van der Waals surface area contributed by atoms with Gasteiger partial charge >= 0.3 is 0 Å². The quantitative estimate of drug-likeness (QED) is 0.596. The summed E-state index contributed by atoms with van der Waals surface area (Å²) in [4.78, 5) is 0. The first-order valence-electron chi connectivity index (χ1n) is 6.10. The minimum absolute atomic E-state index is 0.176. The lowest BCUT2D eigenvalue weighted by molar-refractivity contribution is 0.176. The van der Waals surface area contributed by atoms with Crippen LogP contribution in [0.5, 0.6) is 5.75 Å². The molecule has 0 aliphatic heterocycles. The van der Waals surface area contributed by atoms with Crippen molar-refractivity contribution in [1.29, 1.82) is 0 Å². The van der Waals surface area contributed by atoms with Gasteiger partial charge in [-0.25, -0.2) is 0 Å². The molecule has 96 valence electrons. The topological polar surface area (TPSA) is 34.4 Å². The van der Waals surface area contributed by atoms with E-state index < -0.39 is 0 Å². The van der Waals surface area contributed by atoms with Crippen molar-refractivity contribution in [3.8, 4) is 5.75 Å². The summed E-state index contributed by atoms with van der Waals surface area (Å²) in [5.41, 5.74) is 1.02. The minimum Gasteiger partial charge on any atom is -0.505 e. The molecule has 1 N–H and O–H groups in total. The van der Waals surface area contributed by atoms with Crippen LogP contribution in [0.3, 0.4) is 0 Å². The van der Waals surface area contributed by atoms with E-state index in [1.807, 2.05) is 10.6 Å². The summed E-state index contributed by atoms with van der Waals surface area (Å²) in [7, 11) is 1.66. The highest BCUT2D eigenvalue weighted by Gasteiger charge is 2.03. The molecule has 1 aromatic heterocycles. The fourth-order valence-electron chi connectivity index (χ4n) is 1.79. The van der Waals surface area contributed by atoms with E-state index in [1.165, 1.54) is 19.3 Å². The summed E-state index contributed by atoms with van der Waals surface area (Å²) in [5, 5.41) is 9.63. The highest BCUT2D eigenvalue weighted by Crippen LogP contribution is 2.16. The van der Waals surface area contributed by atoms with Gasteiger partial charge in [-0.3, -0.25) is 0 Å². The molecule has 0 aliphatic rings. The van der Waals surface area contributed by atoms with Crippen molar-refractivity contribution < 1.29 is 9.84 Å². The molecule has 1 aromatic rings. The summed E-state index contributed by atoms with van der Waals surface area (Å²) in [6.45, 7) is 3.63. The number of hydrogen-bond donors (Lipinski definition) is 1. The van der Waals surface area contributed by atoms with E-state index in [0.717, 1.165) is 18.7 Å². The van der Waals surface area contributed by atoms with Gasteiger partial charge in [-0.1, -0.05) is 38.4 Å². The Bertz CT molecular complexity index is 401. The Hall–Kier alpha value is -0.870. The van der Waals surface area contributed by atoms with Gasteiger partial charge in [0.05, 0.1) is 11.1 Å². The van der Waals surface area contributed by atoms with Crippen molar-refractivity contribution in [3.63, 3.8) is 0 Å². The zero-order valence-corrected chi connectivity index (χ0v) is 11.4. The maximum atomic E-state index is 9.63. The molecule has 1 rings (SSSR count). The number of aryl methyl sites for hydroxylation is 1. The molecule has 0 aliphatic carbocycles. The van der Waals surface area contributed by atoms with Crippen molar-refractivity contribution in [3.05, 3.63) is 22.5 Å². The number of hydrogen-bond acceptors (Lipinski definition) is 3. The predicted octanol–water partition coefficient (Wildman–Crippen LogP) is 3.65. The third-order valence-corrected chi connectivity index (χ3v) is 3.07. The maximum absolute atomic E-state index is 9.63. The molecule has 0 saturated carbocycles. The van der Waals surface area contributed by atoms with E-state index >= 15 is 0 Å². The second kappa shape index (κ2) is 7.45. The van der Waals surface area contributed by atoms with Crippen LogP contribution in [-0.4, -0.2) is 16.8 Å². The Morgan fingerprint density at radius 1 is 1.35 bits per heavy atom. The molecule has 0 unspecified atom stereocenters. The highest BCUT2D eigenvalue weighted by molar-refractivity contribution is 7.71. The zero-order chi connectivity index (χ0) is 12.7. The number of unbranched alkanes of at least 4 members (excludes halogenated alkanes) is 3. The summed E-state index contributed by atoms with van der Waals surface area (Å²) in [6.07, 6.45) is 6.53. The fraction of sp³-hybridized carbons (Fsp3) is 0.615. The molecular formula is C13H21NO2S. The summed E-state index contributed by atoms with van der Waals surface area (Å²) >= 11 is 5.05. The van der Waals surface area contributed by atoms with Gasteiger partial charge in [0.1, 0.15) is 5.75 Å². The number of rotatable bonds is 7. The van der Waals surface area contributed by atoms with Crippen LogP contribution < -0.4 is 0 Å². The van der Waals surface area contributed by atoms with Gasteiger partial charge in [0.15, 0.2) is 0 Å². The molecular weight excluding hydrogens is 234 g/mol. The molecule has 1 heterocycles. The van der Waals surface area contributed by atoms with Crippen molar-refractivity contribution in [1.82, 2.24) is 4.57 Å². The standard InChI is InChI=1S/C13H21NO2S/c1-3-4-5-6-7-14-9-12(15)13(17)8-11(14)10-16-2/h8-9,15H,3-7,10H2,1-2H3. The largest absolute Gasteiger partial charge is 0.505 e. The fourth-order valence-corrected chi connectivity index (χ4v) is 1.98. The van der Waals surface area contributed by atoms with Crippen molar-refractivity contribution >= 4 is 12.2 Å². The molecule has 4 heteroatoms. The SMILES string of the molecule is CCCCCCn1cc(O)c(=S)cc1COC. The van der Waals surface area contributed by atoms with E-state index in [1.54, 1.807) is 13.3 Å². The Morgan fingerprint density at radius 2 is 2.12 bits per heavy atom. The van der Waals surface area contributed by atoms with Crippen molar-refractivity contribution in [2.24, 2.45) is 0 Å². The van der Waals surface area contributed by atoms with Gasteiger partial charge in [-0.05, 0) is 12.5 Å². The first-order valence-corrected chi connectivity index (χ1v) is 6.51. The lowest BCUT2D eigenvalue weighted by Crippen LogP contribution is -2.07. The predicted molar refractivity (Wildman–Crippen MR) is 71.8 cm³/mol. The molecule has 0 aromatic carbocycles. The lowest BCUT2D eigenvalue weighted by atomic mass is 10.2. The first kappa shape index (κ1) is 14.2. The van der Waals surface area contributed by atoms with Crippen LogP contribution in [0.2, 0.25) is 0 Å². The van der Waals surface area contributed by atoms with Gasteiger partial charge in [-0.15, -0.1) is 0 Å². The Morgan fingerprint density at radius 3 is 2.76 bits per heavy atom. The number of aromatic hydroxyl groups is 1. The lowest BCUT2D eigenvalue weighted by Gasteiger charge is -2.13. The molecule has 0 fully saturated rings. The summed E-state index contributed by atoms with van der Waals surface area (Å²) in [6, 6.07) is 1.81. The third-order valence-electron chi connectivity index (χ3n) is 2.74. The van der Waals surface area contributed by atoms with E-state index in [9.17, 15) is 5.11 Å². The Balaban J connectivity index is 2.73. The van der Waals surface area contributed by atoms with Crippen LogP contribution in [0.15, 0.2) is 12.3 Å². The third kappa shape index (κ3) is 4.48. The second-order valence-electron chi connectivity index (χ2n) is 4.20. The van der Waals surface area contributed by atoms with E-state index in [4.69, 9.17) is 17.0 Å². The Kier molecular flexibility index (Phi) is 6.22. The molecule has 3 nitrogen and oxygen atoms in total. The molecule has 0 amide bonds. The summed E-state index contributed by atoms with van der Waals surface area (Å²) < 4.78 is 7.66. The van der Waals surface area contributed by atoms with Gasteiger partial charge in [0.25, 0.3) is 0 Å². The van der Waals surface area contributed by atoms with Crippen molar-refractivity contribution in [2.45, 2.75) is 45.8 Å². The van der Waals surface area contributed by atoms with Crippen LogP contribution in [0.25, 0.3) is 0 Å². The smallest absolute Gasteiger partial charge is 0.149 e. The Labute approximate surface area is 108 Å². The maximum Gasteiger partial charge on any atom is 0.149 e. The van der Waals surface area contributed by atoms with Crippen LogP contribution in [0.1, 0.15) is 38.3 Å².